The predicted molar refractivity (Wildman–Crippen MR) is 89.2 cm³/mol. The maximum atomic E-state index is 13.0. The molecule has 6 heteroatoms. The number of halogens is 3. The fourth-order valence-corrected chi connectivity index (χ4v) is 4.51. The molecule has 0 heterocycles. The molecule has 2 aliphatic rings. The molecule has 2 saturated carbocycles. The number of para-hydroxylation sites is 1. The maximum Gasteiger partial charge on any atom is 0.418 e. The number of hydrogen-bond donors (Lipinski definition) is 2. The van der Waals surface area contributed by atoms with E-state index in [9.17, 15) is 13.2 Å². The molecule has 0 unspecified atom stereocenters. The topological polar surface area (TPSA) is 24.1 Å². The van der Waals surface area contributed by atoms with Crippen LogP contribution in [0.4, 0.5) is 18.9 Å². The standard InChI is InChI=1S/C17H21F3N2S/c1-10(13-9-11-6-7-12(13)8-11)21-16(23)22-15-5-3-2-4-14(15)17(18,19)20/h2-5,10-13H,6-9H2,1H3,(H2,21,22,23)/t10-,11+,12-,13+/m0/s1. The van der Waals surface area contributed by atoms with Crippen LogP contribution in [0.3, 0.4) is 0 Å². The van der Waals surface area contributed by atoms with Crippen molar-refractivity contribution >= 4 is 23.0 Å². The smallest absolute Gasteiger partial charge is 0.360 e. The molecule has 2 N–H and O–H groups in total. The number of alkyl halides is 3. The second-order valence-corrected chi connectivity index (χ2v) is 7.18. The first kappa shape index (κ1) is 16.6. The van der Waals surface area contributed by atoms with E-state index in [4.69, 9.17) is 12.2 Å². The number of nitrogens with one attached hydrogen (secondary N) is 2. The summed E-state index contributed by atoms with van der Waals surface area (Å²) in [6.45, 7) is 2.08. The first-order valence-corrected chi connectivity index (χ1v) is 8.49. The van der Waals surface area contributed by atoms with Gasteiger partial charge in [-0.2, -0.15) is 13.2 Å². The molecule has 2 fully saturated rings. The Hall–Kier alpha value is -1.30. The number of rotatable bonds is 3. The molecule has 1 aromatic carbocycles. The molecule has 0 spiro atoms. The highest BCUT2D eigenvalue weighted by Gasteiger charge is 2.42. The van der Waals surface area contributed by atoms with Gasteiger partial charge in [0.15, 0.2) is 5.11 Å². The lowest BCUT2D eigenvalue weighted by Crippen LogP contribution is -2.42. The van der Waals surface area contributed by atoms with Gasteiger partial charge in [-0.05, 0) is 68.3 Å². The average molecular weight is 342 g/mol. The summed E-state index contributed by atoms with van der Waals surface area (Å²) in [5, 5.41) is 6.16. The molecule has 2 bridgehead atoms. The predicted octanol–water partition coefficient (Wildman–Crippen LogP) is 4.82. The second-order valence-electron chi connectivity index (χ2n) is 6.77. The highest BCUT2D eigenvalue weighted by atomic mass is 32.1. The van der Waals surface area contributed by atoms with Gasteiger partial charge < -0.3 is 10.6 Å². The Morgan fingerprint density at radius 1 is 1.22 bits per heavy atom. The third-order valence-electron chi connectivity index (χ3n) is 5.27. The van der Waals surface area contributed by atoms with Gasteiger partial charge in [0.1, 0.15) is 0 Å². The first-order chi connectivity index (χ1) is 10.8. The maximum absolute atomic E-state index is 13.0. The Bertz CT molecular complexity index is 587. The minimum atomic E-state index is -4.39. The van der Waals surface area contributed by atoms with Crippen LogP contribution < -0.4 is 10.6 Å². The molecule has 0 aromatic heterocycles. The van der Waals surface area contributed by atoms with Gasteiger partial charge in [0, 0.05) is 6.04 Å². The number of hydrogen-bond acceptors (Lipinski definition) is 1. The molecular formula is C17H21F3N2S. The summed E-state index contributed by atoms with van der Waals surface area (Å²) in [7, 11) is 0. The van der Waals surface area contributed by atoms with E-state index in [1.807, 2.05) is 0 Å². The zero-order valence-corrected chi connectivity index (χ0v) is 13.8. The second kappa shape index (κ2) is 6.30. The SMILES string of the molecule is C[C@H](NC(=S)Nc1ccccc1C(F)(F)F)[C@H]1C[C@@H]2CC[C@H]1C2. The molecule has 0 saturated heterocycles. The summed E-state index contributed by atoms with van der Waals surface area (Å²) >= 11 is 5.23. The molecule has 0 radical (unpaired) electrons. The van der Waals surface area contributed by atoms with Gasteiger partial charge in [0.05, 0.1) is 11.3 Å². The van der Waals surface area contributed by atoms with E-state index >= 15 is 0 Å². The average Bonchev–Trinajstić information content (AvgIpc) is 3.09. The van der Waals surface area contributed by atoms with Crippen molar-refractivity contribution in [3.05, 3.63) is 29.8 Å². The van der Waals surface area contributed by atoms with Crippen LogP contribution in [0, 0.1) is 17.8 Å². The Balaban J connectivity index is 1.62. The van der Waals surface area contributed by atoms with Gasteiger partial charge in [0.25, 0.3) is 0 Å². The van der Waals surface area contributed by atoms with Crippen molar-refractivity contribution in [2.75, 3.05) is 5.32 Å². The van der Waals surface area contributed by atoms with E-state index in [1.165, 1.54) is 37.8 Å². The zero-order chi connectivity index (χ0) is 16.6. The Morgan fingerprint density at radius 3 is 2.57 bits per heavy atom. The molecule has 2 nitrogen and oxygen atoms in total. The van der Waals surface area contributed by atoms with Crippen LogP contribution in [0.2, 0.25) is 0 Å². The summed E-state index contributed by atoms with van der Waals surface area (Å²) in [5.41, 5.74) is -0.700. The van der Waals surface area contributed by atoms with Crippen molar-refractivity contribution in [3.8, 4) is 0 Å². The van der Waals surface area contributed by atoms with Crippen LogP contribution in [-0.2, 0) is 6.18 Å². The zero-order valence-electron chi connectivity index (χ0n) is 13.0. The van der Waals surface area contributed by atoms with E-state index in [0.717, 1.165) is 17.9 Å². The lowest BCUT2D eigenvalue weighted by atomic mass is 9.84. The molecule has 126 valence electrons. The van der Waals surface area contributed by atoms with Crippen LogP contribution in [0.25, 0.3) is 0 Å². The number of thiocarbonyl (C=S) groups is 1. The molecule has 23 heavy (non-hydrogen) atoms. The van der Waals surface area contributed by atoms with E-state index in [0.29, 0.717) is 5.92 Å². The van der Waals surface area contributed by atoms with Crippen molar-refractivity contribution in [1.29, 1.82) is 0 Å². The van der Waals surface area contributed by atoms with Gasteiger partial charge in [-0.3, -0.25) is 0 Å². The summed E-state index contributed by atoms with van der Waals surface area (Å²) in [4.78, 5) is 0. The molecule has 4 atom stereocenters. The molecule has 0 aliphatic heterocycles. The van der Waals surface area contributed by atoms with Crippen molar-refractivity contribution < 1.29 is 13.2 Å². The van der Waals surface area contributed by atoms with Crippen molar-refractivity contribution in [2.45, 2.75) is 44.8 Å². The van der Waals surface area contributed by atoms with Crippen LogP contribution in [0.1, 0.15) is 38.2 Å². The minimum absolute atomic E-state index is 0.00218. The van der Waals surface area contributed by atoms with Gasteiger partial charge in [0.2, 0.25) is 0 Å². The fourth-order valence-electron chi connectivity index (χ4n) is 4.22. The Kier molecular flexibility index (Phi) is 4.54. The van der Waals surface area contributed by atoms with E-state index in [2.05, 4.69) is 17.6 Å². The minimum Gasteiger partial charge on any atom is -0.360 e. The summed E-state index contributed by atoms with van der Waals surface area (Å²) in [6.07, 6.45) is 0.720. The van der Waals surface area contributed by atoms with Gasteiger partial charge in [-0.1, -0.05) is 18.6 Å². The molecule has 0 amide bonds. The third-order valence-corrected chi connectivity index (χ3v) is 5.49. The lowest BCUT2D eigenvalue weighted by molar-refractivity contribution is -0.136. The monoisotopic (exact) mass is 342 g/mol. The molecule has 2 aliphatic carbocycles. The van der Waals surface area contributed by atoms with Crippen LogP contribution in [-0.4, -0.2) is 11.2 Å². The van der Waals surface area contributed by atoms with Crippen molar-refractivity contribution in [1.82, 2.24) is 5.32 Å². The van der Waals surface area contributed by atoms with E-state index in [-0.39, 0.29) is 16.8 Å². The van der Waals surface area contributed by atoms with E-state index < -0.39 is 11.7 Å². The van der Waals surface area contributed by atoms with Crippen LogP contribution in [0.5, 0.6) is 0 Å². The fraction of sp³-hybridized carbons (Fsp3) is 0.588. The summed E-state index contributed by atoms with van der Waals surface area (Å²) < 4.78 is 39.0. The first-order valence-electron chi connectivity index (χ1n) is 8.08. The molecule has 3 rings (SSSR count). The summed E-state index contributed by atoms with van der Waals surface area (Å²) in [6, 6.07) is 5.59. The van der Waals surface area contributed by atoms with Gasteiger partial charge >= 0.3 is 6.18 Å². The van der Waals surface area contributed by atoms with Crippen LogP contribution >= 0.6 is 12.2 Å². The Morgan fingerprint density at radius 2 is 1.96 bits per heavy atom. The Labute approximate surface area is 139 Å². The number of fused-ring (bicyclic) bond motifs is 2. The highest BCUT2D eigenvalue weighted by molar-refractivity contribution is 7.80. The van der Waals surface area contributed by atoms with Crippen molar-refractivity contribution in [3.63, 3.8) is 0 Å². The normalized spacial score (nSPS) is 27.7. The largest absolute Gasteiger partial charge is 0.418 e. The lowest BCUT2D eigenvalue weighted by Gasteiger charge is -2.29. The van der Waals surface area contributed by atoms with Crippen molar-refractivity contribution in [2.24, 2.45) is 17.8 Å². The molecular weight excluding hydrogens is 321 g/mol. The number of benzene rings is 1. The number of anilines is 1. The molecule has 1 aromatic rings. The quantitative estimate of drug-likeness (QED) is 0.771. The van der Waals surface area contributed by atoms with Gasteiger partial charge in [-0.25, -0.2) is 0 Å². The van der Waals surface area contributed by atoms with Gasteiger partial charge in [-0.15, -0.1) is 0 Å². The summed E-state index contributed by atoms with van der Waals surface area (Å²) in [5.74, 6) is 2.15. The van der Waals surface area contributed by atoms with Crippen LogP contribution in [0.15, 0.2) is 24.3 Å². The highest BCUT2D eigenvalue weighted by Crippen LogP contribution is 2.49. The third kappa shape index (κ3) is 3.62. The van der Waals surface area contributed by atoms with E-state index in [1.54, 1.807) is 6.07 Å².